The Hall–Kier alpha value is -2.00. The van der Waals surface area contributed by atoms with Gasteiger partial charge < -0.3 is 4.74 Å². The number of hydrogen-bond donors (Lipinski definition) is 0. The van der Waals surface area contributed by atoms with Gasteiger partial charge in [-0.2, -0.15) is 0 Å². The lowest BCUT2D eigenvalue weighted by atomic mass is 10.1. The van der Waals surface area contributed by atoms with Crippen LogP contribution in [0.1, 0.15) is 21.5 Å². The number of carbonyl (C=O) groups is 1. The molecule has 0 fully saturated rings. The lowest BCUT2D eigenvalue weighted by molar-refractivity contribution is 0.0726. The second-order valence-corrected chi connectivity index (χ2v) is 4.37. The van der Waals surface area contributed by atoms with Crippen LogP contribution in [0.25, 0.3) is 0 Å². The maximum absolute atomic E-state index is 13.3. The number of benzene rings is 2. The lowest BCUT2D eigenvalue weighted by Gasteiger charge is -2.05. The van der Waals surface area contributed by atoms with Crippen LogP contribution in [-0.4, -0.2) is 12.4 Å². The molecule has 0 bridgehead atoms. The Morgan fingerprint density at radius 1 is 1.16 bits per heavy atom. The summed E-state index contributed by atoms with van der Waals surface area (Å²) >= 11 is 0. The number of aryl methyl sites for hydroxylation is 1. The summed E-state index contributed by atoms with van der Waals surface area (Å²) in [6, 6.07) is 14.1. The summed E-state index contributed by atoms with van der Waals surface area (Å²) in [7, 11) is 0. The predicted molar refractivity (Wildman–Crippen MR) is 71.6 cm³/mol. The van der Waals surface area contributed by atoms with Gasteiger partial charge in [-0.3, -0.25) is 4.79 Å². The van der Waals surface area contributed by atoms with Crippen molar-refractivity contribution in [2.45, 2.75) is 13.5 Å². The number of hydrogen-bond acceptors (Lipinski definition) is 2. The Labute approximate surface area is 111 Å². The van der Waals surface area contributed by atoms with Crippen molar-refractivity contribution in [1.29, 1.82) is 0 Å². The highest BCUT2D eigenvalue weighted by Crippen LogP contribution is 2.10. The van der Waals surface area contributed by atoms with Crippen LogP contribution in [0.5, 0.6) is 0 Å². The molecule has 98 valence electrons. The van der Waals surface area contributed by atoms with Crippen molar-refractivity contribution >= 4 is 5.78 Å². The third kappa shape index (κ3) is 3.73. The van der Waals surface area contributed by atoms with E-state index < -0.39 is 0 Å². The zero-order chi connectivity index (χ0) is 13.7. The average Bonchev–Trinajstić information content (AvgIpc) is 2.43. The molecule has 3 heteroatoms. The van der Waals surface area contributed by atoms with Crippen LogP contribution in [0, 0.1) is 12.7 Å². The summed E-state index contributed by atoms with van der Waals surface area (Å²) in [5, 5.41) is 0. The molecule has 0 aliphatic rings. The van der Waals surface area contributed by atoms with Crippen LogP contribution in [0.4, 0.5) is 4.39 Å². The van der Waals surface area contributed by atoms with Crippen LogP contribution < -0.4 is 0 Å². The monoisotopic (exact) mass is 258 g/mol. The van der Waals surface area contributed by atoms with Gasteiger partial charge >= 0.3 is 0 Å². The normalized spacial score (nSPS) is 10.4. The molecule has 0 N–H and O–H groups in total. The Morgan fingerprint density at radius 3 is 2.58 bits per heavy atom. The first-order valence-corrected chi connectivity index (χ1v) is 6.08. The molecule has 0 aliphatic heterocycles. The second-order valence-electron chi connectivity index (χ2n) is 4.37. The Morgan fingerprint density at radius 2 is 1.89 bits per heavy atom. The van der Waals surface area contributed by atoms with E-state index in [1.807, 2.05) is 30.3 Å². The van der Waals surface area contributed by atoms with Gasteiger partial charge in [0.2, 0.25) is 0 Å². The molecular weight excluding hydrogens is 243 g/mol. The fraction of sp³-hybridized carbons (Fsp3) is 0.188. The molecule has 0 spiro atoms. The molecule has 0 saturated heterocycles. The Kier molecular flexibility index (Phi) is 4.42. The zero-order valence-electron chi connectivity index (χ0n) is 10.7. The SMILES string of the molecule is Cc1ccc(C(=O)COCc2ccccc2)cc1F. The van der Waals surface area contributed by atoms with Crippen molar-refractivity contribution in [2.75, 3.05) is 6.61 Å². The molecule has 0 unspecified atom stereocenters. The molecule has 2 nitrogen and oxygen atoms in total. The van der Waals surface area contributed by atoms with E-state index in [9.17, 15) is 9.18 Å². The van der Waals surface area contributed by atoms with Crippen LogP contribution in [0.2, 0.25) is 0 Å². The lowest BCUT2D eigenvalue weighted by Crippen LogP contribution is -2.09. The molecule has 0 atom stereocenters. The topological polar surface area (TPSA) is 26.3 Å². The summed E-state index contributed by atoms with van der Waals surface area (Å²) < 4.78 is 18.7. The Bertz CT molecular complexity index is 564. The van der Waals surface area contributed by atoms with E-state index in [0.717, 1.165) is 5.56 Å². The maximum Gasteiger partial charge on any atom is 0.188 e. The van der Waals surface area contributed by atoms with E-state index in [0.29, 0.717) is 17.7 Å². The van der Waals surface area contributed by atoms with Gasteiger partial charge in [-0.15, -0.1) is 0 Å². The molecule has 2 rings (SSSR count). The summed E-state index contributed by atoms with van der Waals surface area (Å²) in [5.41, 5.74) is 1.88. The molecule has 0 heterocycles. The number of rotatable bonds is 5. The van der Waals surface area contributed by atoms with E-state index in [1.165, 1.54) is 6.07 Å². The van der Waals surface area contributed by atoms with Crippen molar-refractivity contribution in [2.24, 2.45) is 0 Å². The summed E-state index contributed by atoms with van der Waals surface area (Å²) in [6.45, 7) is 1.99. The van der Waals surface area contributed by atoms with Gasteiger partial charge in [0.1, 0.15) is 12.4 Å². The number of halogens is 1. The standard InChI is InChI=1S/C16H15FO2/c1-12-7-8-14(9-15(12)17)16(18)11-19-10-13-5-3-2-4-6-13/h2-9H,10-11H2,1H3. The Balaban J connectivity index is 1.89. The first-order valence-electron chi connectivity index (χ1n) is 6.08. The molecule has 2 aromatic rings. The first kappa shape index (κ1) is 13.4. The minimum absolute atomic E-state index is 0.0443. The average molecular weight is 258 g/mol. The zero-order valence-corrected chi connectivity index (χ0v) is 10.7. The molecule has 0 saturated carbocycles. The minimum Gasteiger partial charge on any atom is -0.369 e. The van der Waals surface area contributed by atoms with Gasteiger partial charge in [0.05, 0.1) is 6.61 Å². The first-order chi connectivity index (χ1) is 9.16. The third-order valence-corrected chi connectivity index (χ3v) is 2.84. The summed E-state index contributed by atoms with van der Waals surface area (Å²) in [5.74, 6) is -0.580. The molecule has 19 heavy (non-hydrogen) atoms. The highest BCUT2D eigenvalue weighted by molar-refractivity contribution is 5.97. The fourth-order valence-electron chi connectivity index (χ4n) is 1.69. The molecular formula is C16H15FO2. The number of ketones is 1. The van der Waals surface area contributed by atoms with Gasteiger partial charge in [-0.05, 0) is 24.1 Å². The van der Waals surface area contributed by atoms with Crippen molar-refractivity contribution < 1.29 is 13.9 Å². The van der Waals surface area contributed by atoms with Crippen molar-refractivity contribution in [1.82, 2.24) is 0 Å². The van der Waals surface area contributed by atoms with Crippen LogP contribution in [0.15, 0.2) is 48.5 Å². The van der Waals surface area contributed by atoms with E-state index in [4.69, 9.17) is 4.74 Å². The number of carbonyl (C=O) groups excluding carboxylic acids is 1. The van der Waals surface area contributed by atoms with Crippen LogP contribution in [-0.2, 0) is 11.3 Å². The molecule has 0 aliphatic carbocycles. The van der Waals surface area contributed by atoms with Gasteiger partial charge in [0, 0.05) is 5.56 Å². The highest BCUT2D eigenvalue weighted by Gasteiger charge is 2.08. The van der Waals surface area contributed by atoms with Crippen molar-refractivity contribution in [3.05, 3.63) is 71.0 Å². The molecule has 0 radical (unpaired) electrons. The third-order valence-electron chi connectivity index (χ3n) is 2.84. The number of ether oxygens (including phenoxy) is 1. The van der Waals surface area contributed by atoms with E-state index in [2.05, 4.69) is 0 Å². The molecule has 2 aromatic carbocycles. The van der Waals surface area contributed by atoms with Gasteiger partial charge in [-0.25, -0.2) is 4.39 Å². The second kappa shape index (κ2) is 6.25. The summed E-state index contributed by atoms with van der Waals surface area (Å²) in [4.78, 5) is 11.8. The molecule has 0 amide bonds. The van der Waals surface area contributed by atoms with Gasteiger partial charge in [0.25, 0.3) is 0 Å². The van der Waals surface area contributed by atoms with Gasteiger partial charge in [0.15, 0.2) is 5.78 Å². The quantitative estimate of drug-likeness (QED) is 0.767. The van der Waals surface area contributed by atoms with E-state index in [1.54, 1.807) is 19.1 Å². The van der Waals surface area contributed by atoms with Gasteiger partial charge in [-0.1, -0.05) is 42.5 Å². The molecule has 0 aromatic heterocycles. The van der Waals surface area contributed by atoms with Crippen molar-refractivity contribution in [3.8, 4) is 0 Å². The van der Waals surface area contributed by atoms with Crippen molar-refractivity contribution in [3.63, 3.8) is 0 Å². The number of Topliss-reactive ketones (excluding diaryl/α,β-unsaturated/α-hetero) is 1. The minimum atomic E-state index is -0.367. The maximum atomic E-state index is 13.3. The fourth-order valence-corrected chi connectivity index (χ4v) is 1.69. The van der Waals surface area contributed by atoms with Crippen LogP contribution in [0.3, 0.4) is 0 Å². The smallest absolute Gasteiger partial charge is 0.188 e. The van der Waals surface area contributed by atoms with E-state index in [-0.39, 0.29) is 18.2 Å². The largest absolute Gasteiger partial charge is 0.369 e. The van der Waals surface area contributed by atoms with Crippen LogP contribution >= 0.6 is 0 Å². The summed E-state index contributed by atoms with van der Waals surface area (Å²) in [6.07, 6.45) is 0. The predicted octanol–water partition coefficient (Wildman–Crippen LogP) is 3.53. The van der Waals surface area contributed by atoms with E-state index >= 15 is 0 Å². The highest BCUT2D eigenvalue weighted by atomic mass is 19.1.